The topological polar surface area (TPSA) is 55.7 Å². The zero-order valence-corrected chi connectivity index (χ0v) is 9.38. The third-order valence-corrected chi connectivity index (χ3v) is 2.47. The molecule has 1 aromatic heterocycles. The Morgan fingerprint density at radius 1 is 1.36 bits per heavy atom. The second kappa shape index (κ2) is 3.61. The van der Waals surface area contributed by atoms with Crippen LogP contribution in [0.1, 0.15) is 32.2 Å². The SMILES string of the molecule is CC(=O)C(C)(C)c1nnc(Cl)nc1C. The maximum Gasteiger partial charge on any atom is 0.243 e. The van der Waals surface area contributed by atoms with E-state index in [4.69, 9.17) is 11.6 Å². The highest BCUT2D eigenvalue weighted by Crippen LogP contribution is 2.24. The van der Waals surface area contributed by atoms with Crippen molar-refractivity contribution in [1.29, 1.82) is 0 Å². The highest BCUT2D eigenvalue weighted by Gasteiger charge is 2.30. The van der Waals surface area contributed by atoms with Crippen LogP contribution in [0.25, 0.3) is 0 Å². The van der Waals surface area contributed by atoms with Gasteiger partial charge in [-0.25, -0.2) is 4.98 Å². The highest BCUT2D eigenvalue weighted by atomic mass is 35.5. The molecule has 0 unspecified atom stereocenters. The molecule has 0 radical (unpaired) electrons. The Labute approximate surface area is 87.7 Å². The number of aromatic nitrogens is 3. The van der Waals surface area contributed by atoms with Crippen molar-refractivity contribution >= 4 is 17.4 Å². The molecule has 0 amide bonds. The van der Waals surface area contributed by atoms with Gasteiger partial charge in [-0.2, -0.15) is 0 Å². The number of carbonyl (C=O) groups is 1. The lowest BCUT2D eigenvalue weighted by molar-refractivity contribution is -0.121. The lowest BCUT2D eigenvalue weighted by Gasteiger charge is -2.20. The largest absolute Gasteiger partial charge is 0.299 e. The zero-order chi connectivity index (χ0) is 10.9. The van der Waals surface area contributed by atoms with Crippen molar-refractivity contribution in [3.8, 4) is 0 Å². The molecule has 76 valence electrons. The Bertz CT molecular complexity index is 376. The van der Waals surface area contributed by atoms with Crippen molar-refractivity contribution < 1.29 is 4.79 Å². The molecule has 1 aromatic rings. The van der Waals surface area contributed by atoms with Crippen LogP contribution in [0.3, 0.4) is 0 Å². The summed E-state index contributed by atoms with van der Waals surface area (Å²) in [6.07, 6.45) is 0. The summed E-state index contributed by atoms with van der Waals surface area (Å²) in [5, 5.41) is 7.65. The number of hydrogen-bond acceptors (Lipinski definition) is 4. The summed E-state index contributed by atoms with van der Waals surface area (Å²) in [5.74, 6) is 0.0269. The van der Waals surface area contributed by atoms with Crippen molar-refractivity contribution in [1.82, 2.24) is 15.2 Å². The molecular formula is C9H12ClN3O. The normalized spacial score (nSPS) is 11.5. The van der Waals surface area contributed by atoms with E-state index in [1.54, 1.807) is 20.8 Å². The number of nitrogens with zero attached hydrogens (tertiary/aromatic N) is 3. The number of rotatable bonds is 2. The number of Topliss-reactive ketones (excluding diaryl/α,β-unsaturated/α-hetero) is 1. The smallest absolute Gasteiger partial charge is 0.243 e. The summed E-state index contributed by atoms with van der Waals surface area (Å²) in [4.78, 5) is 15.3. The maximum atomic E-state index is 11.4. The fourth-order valence-electron chi connectivity index (χ4n) is 1.12. The minimum Gasteiger partial charge on any atom is -0.299 e. The predicted octanol–water partition coefficient (Wildman–Crippen LogP) is 1.70. The quantitative estimate of drug-likeness (QED) is 0.751. The van der Waals surface area contributed by atoms with E-state index in [1.165, 1.54) is 6.92 Å². The van der Waals surface area contributed by atoms with Crippen molar-refractivity contribution in [3.63, 3.8) is 0 Å². The van der Waals surface area contributed by atoms with Crippen LogP contribution in [0.5, 0.6) is 0 Å². The first-order valence-corrected chi connectivity index (χ1v) is 4.62. The van der Waals surface area contributed by atoms with Crippen molar-refractivity contribution in [2.75, 3.05) is 0 Å². The molecule has 0 aliphatic heterocycles. The molecule has 0 fully saturated rings. The lowest BCUT2D eigenvalue weighted by Crippen LogP contribution is -2.29. The minimum absolute atomic E-state index is 0.0269. The number of halogens is 1. The van der Waals surface area contributed by atoms with Crippen molar-refractivity contribution in [3.05, 3.63) is 16.7 Å². The second-order valence-electron chi connectivity index (χ2n) is 3.70. The molecular weight excluding hydrogens is 202 g/mol. The molecule has 0 aliphatic rings. The van der Waals surface area contributed by atoms with Crippen LogP contribution >= 0.6 is 11.6 Å². The number of carbonyl (C=O) groups excluding carboxylic acids is 1. The van der Waals surface area contributed by atoms with Gasteiger partial charge in [0.2, 0.25) is 5.28 Å². The van der Waals surface area contributed by atoms with Crippen LogP contribution in [-0.4, -0.2) is 21.0 Å². The van der Waals surface area contributed by atoms with Crippen LogP contribution in [0.2, 0.25) is 5.28 Å². The summed E-state index contributed by atoms with van der Waals surface area (Å²) < 4.78 is 0. The summed E-state index contributed by atoms with van der Waals surface area (Å²) >= 11 is 5.58. The van der Waals surface area contributed by atoms with Gasteiger partial charge < -0.3 is 0 Å². The summed E-state index contributed by atoms with van der Waals surface area (Å²) in [6.45, 7) is 6.88. The molecule has 1 heterocycles. The second-order valence-corrected chi connectivity index (χ2v) is 4.03. The van der Waals surface area contributed by atoms with Gasteiger partial charge in [0.15, 0.2) is 0 Å². The molecule has 4 nitrogen and oxygen atoms in total. The average molecular weight is 214 g/mol. The Hall–Kier alpha value is -1.03. The molecule has 1 rings (SSSR count). The van der Waals surface area contributed by atoms with Gasteiger partial charge in [-0.15, -0.1) is 10.2 Å². The monoisotopic (exact) mass is 213 g/mol. The maximum absolute atomic E-state index is 11.4. The van der Waals surface area contributed by atoms with E-state index in [9.17, 15) is 4.79 Å². The van der Waals surface area contributed by atoms with Gasteiger partial charge in [0.1, 0.15) is 5.78 Å². The molecule has 0 saturated carbocycles. The third kappa shape index (κ3) is 1.90. The summed E-state index contributed by atoms with van der Waals surface area (Å²) in [5.41, 5.74) is 0.564. The minimum atomic E-state index is -0.658. The van der Waals surface area contributed by atoms with Gasteiger partial charge in [-0.05, 0) is 39.3 Å². The Morgan fingerprint density at radius 3 is 2.36 bits per heavy atom. The standard InChI is InChI=1S/C9H12ClN3O/c1-5-7(9(3,4)6(2)14)12-13-8(10)11-5/h1-4H3. The van der Waals surface area contributed by atoms with Gasteiger partial charge >= 0.3 is 0 Å². The van der Waals surface area contributed by atoms with E-state index in [2.05, 4.69) is 15.2 Å². The molecule has 0 aromatic carbocycles. The average Bonchev–Trinajstić information content (AvgIpc) is 2.02. The van der Waals surface area contributed by atoms with E-state index in [0.717, 1.165) is 0 Å². The van der Waals surface area contributed by atoms with Crippen LogP contribution in [0.15, 0.2) is 0 Å². The summed E-state index contributed by atoms with van der Waals surface area (Å²) in [6, 6.07) is 0. The van der Waals surface area contributed by atoms with E-state index in [-0.39, 0.29) is 11.1 Å². The number of ketones is 1. The highest BCUT2D eigenvalue weighted by molar-refractivity contribution is 6.28. The van der Waals surface area contributed by atoms with Gasteiger partial charge in [0, 0.05) is 0 Å². The lowest BCUT2D eigenvalue weighted by atomic mass is 9.84. The molecule has 0 saturated heterocycles. The fourth-order valence-corrected chi connectivity index (χ4v) is 1.29. The van der Waals surface area contributed by atoms with Crippen LogP contribution in [0.4, 0.5) is 0 Å². The summed E-state index contributed by atoms with van der Waals surface area (Å²) in [7, 11) is 0. The first-order valence-electron chi connectivity index (χ1n) is 4.24. The van der Waals surface area contributed by atoms with Crippen LogP contribution < -0.4 is 0 Å². The Morgan fingerprint density at radius 2 is 1.93 bits per heavy atom. The zero-order valence-electron chi connectivity index (χ0n) is 8.63. The van der Waals surface area contributed by atoms with Crippen molar-refractivity contribution in [2.24, 2.45) is 0 Å². The predicted molar refractivity (Wildman–Crippen MR) is 53.3 cm³/mol. The van der Waals surface area contributed by atoms with Crippen LogP contribution in [0, 0.1) is 6.92 Å². The molecule has 5 heteroatoms. The molecule has 0 atom stereocenters. The van der Waals surface area contributed by atoms with Gasteiger partial charge in [-0.1, -0.05) is 0 Å². The van der Waals surface area contributed by atoms with E-state index in [0.29, 0.717) is 11.4 Å². The Balaban J connectivity index is 3.26. The first-order chi connectivity index (χ1) is 6.35. The van der Waals surface area contributed by atoms with E-state index >= 15 is 0 Å². The fraction of sp³-hybridized carbons (Fsp3) is 0.556. The van der Waals surface area contributed by atoms with E-state index < -0.39 is 5.41 Å². The van der Waals surface area contributed by atoms with Gasteiger partial charge in [0.25, 0.3) is 0 Å². The van der Waals surface area contributed by atoms with Gasteiger partial charge in [0.05, 0.1) is 16.8 Å². The molecule has 0 aliphatic carbocycles. The van der Waals surface area contributed by atoms with Crippen molar-refractivity contribution in [2.45, 2.75) is 33.1 Å². The van der Waals surface area contributed by atoms with Gasteiger partial charge in [-0.3, -0.25) is 4.79 Å². The third-order valence-electron chi connectivity index (χ3n) is 2.31. The van der Waals surface area contributed by atoms with Crippen LogP contribution in [-0.2, 0) is 10.2 Å². The Kier molecular flexibility index (Phi) is 2.85. The van der Waals surface area contributed by atoms with E-state index in [1.807, 2.05) is 0 Å². The first kappa shape index (κ1) is 11.0. The molecule has 0 bridgehead atoms. The molecule has 14 heavy (non-hydrogen) atoms. The number of hydrogen-bond donors (Lipinski definition) is 0. The number of aryl methyl sites for hydroxylation is 1. The molecule has 0 spiro atoms. The molecule has 0 N–H and O–H groups in total.